The minimum atomic E-state index is -0.283. The Hall–Kier alpha value is -1.39. The van der Waals surface area contributed by atoms with E-state index in [0.717, 1.165) is 11.3 Å². The summed E-state index contributed by atoms with van der Waals surface area (Å²) in [6, 6.07) is 9.80. The topological polar surface area (TPSA) is 24.9 Å². The smallest absolute Gasteiger partial charge is 0.146 e. The van der Waals surface area contributed by atoms with Crippen molar-refractivity contribution in [2.45, 2.75) is 17.9 Å². The molecule has 1 aromatic heterocycles. The summed E-state index contributed by atoms with van der Waals surface area (Å²) in [7, 11) is 1.83. The van der Waals surface area contributed by atoms with E-state index in [1.165, 1.54) is 11.1 Å². The number of hydrogen-bond acceptors (Lipinski definition) is 3. The van der Waals surface area contributed by atoms with Crippen molar-refractivity contribution >= 4 is 11.8 Å². The first-order valence-electron chi connectivity index (χ1n) is 6.25. The lowest BCUT2D eigenvalue weighted by Gasteiger charge is -2.18. The average molecular weight is 276 g/mol. The Morgan fingerprint density at radius 3 is 2.58 bits per heavy atom. The Labute approximate surface area is 117 Å². The van der Waals surface area contributed by atoms with E-state index in [0.29, 0.717) is 5.56 Å². The molecule has 1 aromatic carbocycles. The van der Waals surface area contributed by atoms with Crippen molar-refractivity contribution in [3.8, 4) is 0 Å². The van der Waals surface area contributed by atoms with Crippen LogP contribution < -0.4 is 5.32 Å². The molecule has 1 N–H and O–H groups in total. The van der Waals surface area contributed by atoms with Gasteiger partial charge in [0.05, 0.1) is 12.2 Å². The quantitative estimate of drug-likeness (QED) is 0.844. The molecule has 4 heteroatoms. The second kappa shape index (κ2) is 6.68. The maximum absolute atomic E-state index is 13.8. The predicted molar refractivity (Wildman–Crippen MR) is 77.9 cm³/mol. The molecule has 19 heavy (non-hydrogen) atoms. The van der Waals surface area contributed by atoms with Crippen molar-refractivity contribution in [2.75, 3.05) is 12.8 Å². The normalized spacial score (nSPS) is 12.4. The molecule has 1 unspecified atom stereocenters. The lowest BCUT2D eigenvalue weighted by Crippen LogP contribution is -2.19. The molecule has 0 aliphatic carbocycles. The highest BCUT2D eigenvalue weighted by molar-refractivity contribution is 7.99. The third-order valence-electron chi connectivity index (χ3n) is 2.93. The number of aromatic nitrogens is 1. The van der Waals surface area contributed by atoms with Crippen LogP contribution >= 0.6 is 11.8 Å². The van der Waals surface area contributed by atoms with Crippen LogP contribution in [0.1, 0.15) is 24.1 Å². The third-order valence-corrected chi connectivity index (χ3v) is 3.82. The Balaban J connectivity index is 2.29. The van der Waals surface area contributed by atoms with E-state index in [1.54, 1.807) is 24.0 Å². The third kappa shape index (κ3) is 3.33. The van der Waals surface area contributed by atoms with Crippen molar-refractivity contribution < 1.29 is 4.39 Å². The van der Waals surface area contributed by atoms with E-state index in [2.05, 4.69) is 29.4 Å². The van der Waals surface area contributed by atoms with Crippen LogP contribution in [0.3, 0.4) is 0 Å². The second-order valence-corrected chi connectivity index (χ2v) is 5.46. The summed E-state index contributed by atoms with van der Waals surface area (Å²) < 4.78 is 13.8. The highest BCUT2D eigenvalue weighted by Gasteiger charge is 2.15. The first-order chi connectivity index (χ1) is 9.26. The maximum Gasteiger partial charge on any atom is 0.146 e. The second-order valence-electron chi connectivity index (χ2n) is 4.12. The minimum Gasteiger partial charge on any atom is -0.309 e. The van der Waals surface area contributed by atoms with E-state index in [1.807, 2.05) is 19.2 Å². The molecule has 0 saturated heterocycles. The summed E-state index contributed by atoms with van der Waals surface area (Å²) in [5.41, 5.74) is 1.67. The minimum absolute atomic E-state index is 0.149. The SMILES string of the molecule is CCSc1ccc(C(NC)c2ccncc2F)cc1. The number of nitrogens with zero attached hydrogens (tertiary/aromatic N) is 1. The van der Waals surface area contributed by atoms with Gasteiger partial charge in [0, 0.05) is 16.7 Å². The first-order valence-corrected chi connectivity index (χ1v) is 7.24. The molecule has 0 bridgehead atoms. The summed E-state index contributed by atoms with van der Waals surface area (Å²) in [6.07, 6.45) is 2.87. The number of nitrogens with one attached hydrogen (secondary N) is 1. The Kier molecular flexibility index (Phi) is 4.93. The molecule has 2 aromatic rings. The average Bonchev–Trinajstić information content (AvgIpc) is 2.44. The molecule has 1 heterocycles. The Morgan fingerprint density at radius 2 is 2.00 bits per heavy atom. The highest BCUT2D eigenvalue weighted by Crippen LogP contribution is 2.26. The van der Waals surface area contributed by atoms with Gasteiger partial charge in [-0.2, -0.15) is 0 Å². The lowest BCUT2D eigenvalue weighted by atomic mass is 9.99. The summed E-state index contributed by atoms with van der Waals surface area (Å²) in [6.45, 7) is 2.13. The van der Waals surface area contributed by atoms with Crippen LogP contribution in [-0.4, -0.2) is 17.8 Å². The van der Waals surface area contributed by atoms with Gasteiger partial charge >= 0.3 is 0 Å². The van der Waals surface area contributed by atoms with Gasteiger partial charge in [0.1, 0.15) is 5.82 Å². The zero-order valence-corrected chi connectivity index (χ0v) is 11.9. The van der Waals surface area contributed by atoms with Crippen molar-refractivity contribution in [1.29, 1.82) is 0 Å². The number of rotatable bonds is 5. The van der Waals surface area contributed by atoms with Crippen molar-refractivity contribution in [1.82, 2.24) is 10.3 Å². The standard InChI is InChI=1S/C15H17FN2S/c1-3-19-12-6-4-11(5-7-12)15(17-2)13-8-9-18-10-14(13)16/h4-10,15,17H,3H2,1-2H3. The number of thioether (sulfide) groups is 1. The van der Waals surface area contributed by atoms with Crippen LogP contribution in [0.5, 0.6) is 0 Å². The number of halogens is 1. The molecule has 2 nitrogen and oxygen atoms in total. The van der Waals surface area contributed by atoms with E-state index < -0.39 is 0 Å². The molecular weight excluding hydrogens is 259 g/mol. The number of hydrogen-bond donors (Lipinski definition) is 1. The molecule has 100 valence electrons. The van der Waals surface area contributed by atoms with Crippen LogP contribution in [0.4, 0.5) is 4.39 Å². The van der Waals surface area contributed by atoms with E-state index in [9.17, 15) is 4.39 Å². The molecule has 0 fully saturated rings. The number of pyridine rings is 1. The first kappa shape index (κ1) is 14.0. The highest BCUT2D eigenvalue weighted by atomic mass is 32.2. The van der Waals surface area contributed by atoms with Gasteiger partial charge in [-0.25, -0.2) is 4.39 Å². The van der Waals surface area contributed by atoms with Crippen molar-refractivity contribution in [3.05, 3.63) is 59.7 Å². The predicted octanol–water partition coefficient (Wildman–Crippen LogP) is 3.64. The van der Waals surface area contributed by atoms with E-state index in [-0.39, 0.29) is 11.9 Å². The molecule has 0 aliphatic heterocycles. The van der Waals surface area contributed by atoms with Crippen LogP contribution in [0.15, 0.2) is 47.6 Å². The van der Waals surface area contributed by atoms with Crippen molar-refractivity contribution in [3.63, 3.8) is 0 Å². The summed E-state index contributed by atoms with van der Waals surface area (Å²) >= 11 is 1.80. The van der Waals surface area contributed by atoms with E-state index in [4.69, 9.17) is 0 Å². The van der Waals surface area contributed by atoms with Gasteiger partial charge in [-0.3, -0.25) is 4.98 Å². The summed E-state index contributed by atoms with van der Waals surface area (Å²) in [4.78, 5) is 5.02. The van der Waals surface area contributed by atoms with Crippen LogP contribution in [-0.2, 0) is 0 Å². The largest absolute Gasteiger partial charge is 0.309 e. The molecule has 0 saturated carbocycles. The Morgan fingerprint density at radius 1 is 1.26 bits per heavy atom. The van der Waals surface area contributed by atoms with E-state index >= 15 is 0 Å². The van der Waals surface area contributed by atoms with Crippen LogP contribution in [0.2, 0.25) is 0 Å². The maximum atomic E-state index is 13.8. The lowest BCUT2D eigenvalue weighted by molar-refractivity contribution is 0.570. The van der Waals surface area contributed by atoms with Gasteiger partial charge in [0.25, 0.3) is 0 Å². The molecule has 0 amide bonds. The van der Waals surface area contributed by atoms with Crippen LogP contribution in [0.25, 0.3) is 0 Å². The zero-order chi connectivity index (χ0) is 13.7. The summed E-state index contributed by atoms with van der Waals surface area (Å²) in [5.74, 6) is 0.766. The fraction of sp³-hybridized carbons (Fsp3) is 0.267. The fourth-order valence-electron chi connectivity index (χ4n) is 2.04. The summed E-state index contributed by atoms with van der Waals surface area (Å²) in [5, 5.41) is 3.15. The van der Waals surface area contributed by atoms with Gasteiger partial charge in [0.2, 0.25) is 0 Å². The molecular formula is C15H17FN2S. The van der Waals surface area contributed by atoms with Gasteiger partial charge < -0.3 is 5.32 Å². The molecule has 2 rings (SSSR count). The van der Waals surface area contributed by atoms with Gasteiger partial charge in [-0.1, -0.05) is 19.1 Å². The molecule has 0 spiro atoms. The van der Waals surface area contributed by atoms with Crippen LogP contribution in [0, 0.1) is 5.82 Å². The molecule has 0 aliphatic rings. The zero-order valence-electron chi connectivity index (χ0n) is 11.1. The monoisotopic (exact) mass is 276 g/mol. The Bertz CT molecular complexity index is 528. The number of benzene rings is 1. The van der Waals surface area contributed by atoms with Gasteiger partial charge in [-0.05, 0) is 36.6 Å². The van der Waals surface area contributed by atoms with Gasteiger partial charge in [-0.15, -0.1) is 11.8 Å². The fourth-order valence-corrected chi connectivity index (χ4v) is 2.71. The molecule has 0 radical (unpaired) electrons. The van der Waals surface area contributed by atoms with Crippen molar-refractivity contribution in [2.24, 2.45) is 0 Å². The van der Waals surface area contributed by atoms with Gasteiger partial charge in [0.15, 0.2) is 0 Å². The molecule has 1 atom stereocenters.